The van der Waals surface area contributed by atoms with Gasteiger partial charge >= 0.3 is 0 Å². The first-order valence-electron chi connectivity index (χ1n) is 6.66. The summed E-state index contributed by atoms with van der Waals surface area (Å²) in [7, 11) is 0. The highest BCUT2D eigenvalue weighted by Gasteiger charge is 2.21. The van der Waals surface area contributed by atoms with Gasteiger partial charge in [0.15, 0.2) is 0 Å². The van der Waals surface area contributed by atoms with Crippen LogP contribution in [0.1, 0.15) is 27.2 Å². The van der Waals surface area contributed by atoms with E-state index >= 15 is 0 Å². The van der Waals surface area contributed by atoms with Crippen molar-refractivity contribution in [3.8, 4) is 0 Å². The van der Waals surface area contributed by atoms with Crippen molar-refractivity contribution in [1.29, 1.82) is 0 Å². The maximum absolute atomic E-state index is 12.5. The van der Waals surface area contributed by atoms with Gasteiger partial charge in [0.1, 0.15) is 0 Å². The fraction of sp³-hybridized carbons (Fsp3) is 0.312. The lowest BCUT2D eigenvalue weighted by Gasteiger charge is -2.29. The summed E-state index contributed by atoms with van der Waals surface area (Å²) in [6.45, 7) is 6.50. The highest BCUT2D eigenvalue weighted by Crippen LogP contribution is 2.17. The number of aromatic nitrogens is 1. The van der Waals surface area contributed by atoms with E-state index < -0.39 is 0 Å². The summed E-state index contributed by atoms with van der Waals surface area (Å²) < 4.78 is 2.21. The SMILES string of the molecule is Cc1ccc(C(=O)N2CCn3cccc3C2)cc1C. The van der Waals surface area contributed by atoms with Crippen molar-refractivity contribution in [3.63, 3.8) is 0 Å². The zero-order valence-corrected chi connectivity index (χ0v) is 11.4. The van der Waals surface area contributed by atoms with Crippen molar-refractivity contribution in [2.45, 2.75) is 26.9 Å². The van der Waals surface area contributed by atoms with Crippen LogP contribution in [0.2, 0.25) is 0 Å². The van der Waals surface area contributed by atoms with Crippen LogP contribution < -0.4 is 0 Å². The first-order chi connectivity index (χ1) is 9.15. The summed E-state index contributed by atoms with van der Waals surface area (Å²) in [6, 6.07) is 10.1. The van der Waals surface area contributed by atoms with E-state index in [1.807, 2.05) is 36.1 Å². The standard InChI is InChI=1S/C16H18N2O/c1-12-5-6-14(10-13(12)2)16(19)18-9-8-17-7-3-4-15(17)11-18/h3-7,10H,8-9,11H2,1-2H3. The third-order valence-corrected chi connectivity index (χ3v) is 3.93. The van der Waals surface area contributed by atoms with Gasteiger partial charge in [-0.25, -0.2) is 0 Å². The Labute approximate surface area is 113 Å². The van der Waals surface area contributed by atoms with Crippen molar-refractivity contribution in [2.24, 2.45) is 0 Å². The second-order valence-corrected chi connectivity index (χ2v) is 5.22. The van der Waals surface area contributed by atoms with Crippen molar-refractivity contribution >= 4 is 5.91 Å². The fourth-order valence-corrected chi connectivity index (χ4v) is 2.54. The van der Waals surface area contributed by atoms with Crippen LogP contribution in [-0.4, -0.2) is 21.9 Å². The monoisotopic (exact) mass is 254 g/mol. The van der Waals surface area contributed by atoms with Gasteiger partial charge < -0.3 is 9.47 Å². The van der Waals surface area contributed by atoms with Gasteiger partial charge in [0.05, 0.1) is 6.54 Å². The molecule has 0 unspecified atom stereocenters. The smallest absolute Gasteiger partial charge is 0.254 e. The minimum absolute atomic E-state index is 0.135. The predicted octanol–water partition coefficient (Wildman–Crippen LogP) is 2.76. The highest BCUT2D eigenvalue weighted by molar-refractivity contribution is 5.94. The van der Waals surface area contributed by atoms with Gasteiger partial charge in [0, 0.05) is 30.5 Å². The van der Waals surface area contributed by atoms with E-state index in [1.54, 1.807) is 0 Å². The number of fused-ring (bicyclic) bond motifs is 1. The van der Waals surface area contributed by atoms with Crippen LogP contribution in [0.3, 0.4) is 0 Å². The average Bonchev–Trinajstić information content (AvgIpc) is 2.88. The van der Waals surface area contributed by atoms with Crippen LogP contribution in [-0.2, 0) is 13.1 Å². The van der Waals surface area contributed by atoms with Gasteiger partial charge in [0.2, 0.25) is 0 Å². The zero-order chi connectivity index (χ0) is 13.4. The predicted molar refractivity (Wildman–Crippen MR) is 75.1 cm³/mol. The maximum Gasteiger partial charge on any atom is 0.254 e. The third kappa shape index (κ3) is 2.16. The Morgan fingerprint density at radius 2 is 1.95 bits per heavy atom. The van der Waals surface area contributed by atoms with E-state index in [2.05, 4.69) is 23.8 Å². The number of carbonyl (C=O) groups excluding carboxylic acids is 1. The minimum Gasteiger partial charge on any atom is -0.348 e. The first kappa shape index (κ1) is 12.0. The van der Waals surface area contributed by atoms with Gasteiger partial charge in [-0.05, 0) is 49.2 Å². The molecule has 1 aromatic carbocycles. The first-order valence-corrected chi connectivity index (χ1v) is 6.66. The van der Waals surface area contributed by atoms with E-state index in [9.17, 15) is 4.79 Å². The topological polar surface area (TPSA) is 25.2 Å². The zero-order valence-electron chi connectivity index (χ0n) is 11.4. The van der Waals surface area contributed by atoms with Crippen molar-refractivity contribution in [3.05, 3.63) is 58.9 Å². The number of nitrogens with zero attached hydrogens (tertiary/aromatic N) is 2. The van der Waals surface area contributed by atoms with E-state index in [4.69, 9.17) is 0 Å². The minimum atomic E-state index is 0.135. The average molecular weight is 254 g/mol. The van der Waals surface area contributed by atoms with Crippen molar-refractivity contribution in [2.75, 3.05) is 6.54 Å². The normalized spacial score (nSPS) is 14.3. The van der Waals surface area contributed by atoms with E-state index in [-0.39, 0.29) is 5.91 Å². The maximum atomic E-state index is 12.5. The molecule has 3 rings (SSSR count). The largest absolute Gasteiger partial charge is 0.348 e. The molecule has 19 heavy (non-hydrogen) atoms. The molecule has 1 aliphatic rings. The van der Waals surface area contributed by atoms with E-state index in [0.29, 0.717) is 6.54 Å². The summed E-state index contributed by atoms with van der Waals surface area (Å²) in [4.78, 5) is 14.4. The molecule has 0 aliphatic carbocycles. The van der Waals surface area contributed by atoms with Crippen LogP contribution in [0.25, 0.3) is 0 Å². The van der Waals surface area contributed by atoms with Crippen LogP contribution in [0.4, 0.5) is 0 Å². The molecule has 3 nitrogen and oxygen atoms in total. The lowest BCUT2D eigenvalue weighted by molar-refractivity contribution is 0.0711. The van der Waals surface area contributed by atoms with Crippen LogP contribution in [0, 0.1) is 13.8 Å². The van der Waals surface area contributed by atoms with Crippen molar-refractivity contribution in [1.82, 2.24) is 9.47 Å². The summed E-state index contributed by atoms with van der Waals surface area (Å²) in [5.74, 6) is 0.135. The second kappa shape index (κ2) is 4.57. The molecular formula is C16H18N2O. The van der Waals surface area contributed by atoms with Gasteiger partial charge in [-0.15, -0.1) is 0 Å². The molecule has 98 valence electrons. The van der Waals surface area contributed by atoms with Gasteiger partial charge in [0.25, 0.3) is 5.91 Å². The Kier molecular flexibility index (Phi) is 2.90. The van der Waals surface area contributed by atoms with Crippen LogP contribution in [0.15, 0.2) is 36.5 Å². The fourth-order valence-electron chi connectivity index (χ4n) is 2.54. The lowest BCUT2D eigenvalue weighted by Crippen LogP contribution is -2.37. The molecule has 1 aliphatic heterocycles. The van der Waals surface area contributed by atoms with Gasteiger partial charge in [-0.2, -0.15) is 0 Å². The number of benzene rings is 1. The molecule has 0 bridgehead atoms. The lowest BCUT2D eigenvalue weighted by atomic mass is 10.1. The number of hydrogen-bond acceptors (Lipinski definition) is 1. The number of rotatable bonds is 1. The molecule has 0 atom stereocenters. The Hall–Kier alpha value is -2.03. The number of amides is 1. The molecule has 2 heterocycles. The quantitative estimate of drug-likeness (QED) is 0.768. The third-order valence-electron chi connectivity index (χ3n) is 3.93. The van der Waals surface area contributed by atoms with Crippen molar-refractivity contribution < 1.29 is 4.79 Å². The molecule has 0 fully saturated rings. The second-order valence-electron chi connectivity index (χ2n) is 5.22. The Balaban J connectivity index is 1.83. The molecule has 0 saturated heterocycles. The Morgan fingerprint density at radius 3 is 2.74 bits per heavy atom. The van der Waals surface area contributed by atoms with E-state index in [0.717, 1.165) is 18.7 Å². The van der Waals surface area contributed by atoms with Gasteiger partial charge in [-0.3, -0.25) is 4.79 Å². The summed E-state index contributed by atoms with van der Waals surface area (Å²) in [5, 5.41) is 0. The molecule has 1 aromatic heterocycles. The van der Waals surface area contributed by atoms with Crippen LogP contribution in [0.5, 0.6) is 0 Å². The number of aryl methyl sites for hydroxylation is 2. The molecule has 0 saturated carbocycles. The molecule has 0 spiro atoms. The Morgan fingerprint density at radius 1 is 1.11 bits per heavy atom. The molecule has 0 N–H and O–H groups in total. The summed E-state index contributed by atoms with van der Waals surface area (Å²) in [6.07, 6.45) is 2.08. The number of carbonyl (C=O) groups is 1. The Bertz CT molecular complexity index is 627. The van der Waals surface area contributed by atoms with E-state index in [1.165, 1.54) is 16.8 Å². The molecule has 3 heteroatoms. The molecule has 1 amide bonds. The summed E-state index contributed by atoms with van der Waals surface area (Å²) in [5.41, 5.74) is 4.40. The van der Waals surface area contributed by atoms with Gasteiger partial charge in [-0.1, -0.05) is 6.07 Å². The summed E-state index contributed by atoms with van der Waals surface area (Å²) >= 11 is 0. The molecule has 0 radical (unpaired) electrons. The number of hydrogen-bond donors (Lipinski definition) is 0. The molecule has 2 aromatic rings. The molecular weight excluding hydrogens is 236 g/mol. The highest BCUT2D eigenvalue weighted by atomic mass is 16.2. The van der Waals surface area contributed by atoms with Crippen LogP contribution >= 0.6 is 0 Å².